The Bertz CT molecular complexity index is 999. The van der Waals surface area contributed by atoms with Crippen molar-refractivity contribution in [2.45, 2.75) is 46.6 Å². The number of nitrogens with one attached hydrogen (secondary N) is 1. The van der Waals surface area contributed by atoms with E-state index in [1.807, 2.05) is 33.8 Å². The molecule has 2 aromatic rings. The molecule has 150 valence electrons. The summed E-state index contributed by atoms with van der Waals surface area (Å²) in [5, 5.41) is 3.04. The highest BCUT2D eigenvalue weighted by Crippen LogP contribution is 2.28. The Morgan fingerprint density at radius 2 is 1.75 bits per heavy atom. The van der Waals surface area contributed by atoms with Crippen molar-refractivity contribution in [2.75, 3.05) is 16.6 Å². The van der Waals surface area contributed by atoms with Crippen LogP contribution in [0, 0.1) is 20.8 Å². The van der Waals surface area contributed by atoms with Crippen molar-refractivity contribution in [1.29, 1.82) is 0 Å². The van der Waals surface area contributed by atoms with Crippen LogP contribution in [0.4, 0.5) is 5.69 Å². The molecular formula is C22H28N2O3S. The second kappa shape index (κ2) is 7.95. The van der Waals surface area contributed by atoms with Crippen molar-refractivity contribution in [3.63, 3.8) is 0 Å². The van der Waals surface area contributed by atoms with Gasteiger partial charge in [-0.05, 0) is 69.4 Å². The van der Waals surface area contributed by atoms with E-state index in [4.69, 9.17) is 0 Å². The first-order chi connectivity index (χ1) is 13.2. The lowest BCUT2D eigenvalue weighted by atomic mass is 9.99. The number of carbonyl (C=O) groups excluding carboxylic acids is 1. The molecule has 28 heavy (non-hydrogen) atoms. The van der Waals surface area contributed by atoms with Gasteiger partial charge < -0.3 is 5.32 Å². The molecule has 0 bridgehead atoms. The number of hydrogen-bond acceptors (Lipinski definition) is 3. The van der Waals surface area contributed by atoms with Gasteiger partial charge in [-0.1, -0.05) is 29.8 Å². The number of carbonyl (C=O) groups is 1. The molecule has 6 heteroatoms. The van der Waals surface area contributed by atoms with Crippen LogP contribution in [0.1, 0.15) is 58.4 Å². The van der Waals surface area contributed by atoms with Crippen LogP contribution < -0.4 is 9.62 Å². The zero-order valence-corrected chi connectivity index (χ0v) is 17.8. The molecule has 1 atom stereocenters. The fourth-order valence-electron chi connectivity index (χ4n) is 3.66. The number of amides is 1. The average Bonchev–Trinajstić information content (AvgIpc) is 2.64. The smallest absolute Gasteiger partial charge is 0.251 e. The first-order valence-corrected chi connectivity index (χ1v) is 11.3. The fraction of sp³-hybridized carbons (Fsp3) is 0.409. The lowest BCUT2D eigenvalue weighted by Crippen LogP contribution is -2.38. The minimum absolute atomic E-state index is 0.143. The highest BCUT2D eigenvalue weighted by molar-refractivity contribution is 7.92. The second-order valence-corrected chi connectivity index (χ2v) is 9.66. The van der Waals surface area contributed by atoms with Gasteiger partial charge in [0.05, 0.1) is 17.5 Å². The largest absolute Gasteiger partial charge is 0.346 e. The molecule has 1 saturated heterocycles. The van der Waals surface area contributed by atoms with Gasteiger partial charge in [0.25, 0.3) is 5.91 Å². The Morgan fingerprint density at radius 3 is 2.46 bits per heavy atom. The first kappa shape index (κ1) is 20.4. The number of sulfonamides is 1. The quantitative estimate of drug-likeness (QED) is 0.842. The summed E-state index contributed by atoms with van der Waals surface area (Å²) in [5.41, 5.74) is 5.28. The van der Waals surface area contributed by atoms with Gasteiger partial charge in [-0.25, -0.2) is 8.42 Å². The number of anilines is 1. The van der Waals surface area contributed by atoms with Crippen LogP contribution in [0.5, 0.6) is 0 Å². The molecule has 1 fully saturated rings. The van der Waals surface area contributed by atoms with E-state index in [2.05, 4.69) is 23.5 Å². The van der Waals surface area contributed by atoms with Gasteiger partial charge >= 0.3 is 0 Å². The summed E-state index contributed by atoms with van der Waals surface area (Å²) in [5.74, 6) is -0.0453. The van der Waals surface area contributed by atoms with Crippen molar-refractivity contribution >= 4 is 21.6 Å². The van der Waals surface area contributed by atoms with Crippen LogP contribution in [0.3, 0.4) is 0 Å². The Kier molecular flexibility index (Phi) is 5.79. The number of hydrogen-bond donors (Lipinski definition) is 1. The van der Waals surface area contributed by atoms with E-state index in [1.54, 1.807) is 12.1 Å². The maximum Gasteiger partial charge on any atom is 0.251 e. The van der Waals surface area contributed by atoms with E-state index in [-0.39, 0.29) is 17.7 Å². The maximum atomic E-state index is 12.9. The third-order valence-corrected chi connectivity index (χ3v) is 7.19. The second-order valence-electron chi connectivity index (χ2n) is 7.65. The highest BCUT2D eigenvalue weighted by Gasteiger charge is 2.27. The van der Waals surface area contributed by atoms with E-state index in [1.165, 1.54) is 4.31 Å². The van der Waals surface area contributed by atoms with Crippen molar-refractivity contribution in [1.82, 2.24) is 5.32 Å². The van der Waals surface area contributed by atoms with Gasteiger partial charge in [0.1, 0.15) is 0 Å². The summed E-state index contributed by atoms with van der Waals surface area (Å²) >= 11 is 0. The van der Waals surface area contributed by atoms with E-state index >= 15 is 0 Å². The van der Waals surface area contributed by atoms with E-state index in [0.29, 0.717) is 24.2 Å². The Morgan fingerprint density at radius 1 is 1.04 bits per heavy atom. The summed E-state index contributed by atoms with van der Waals surface area (Å²) in [7, 11) is -3.32. The summed E-state index contributed by atoms with van der Waals surface area (Å²) < 4.78 is 26.4. The molecule has 0 radical (unpaired) electrons. The Hall–Kier alpha value is -2.34. The summed E-state index contributed by atoms with van der Waals surface area (Å²) in [6.45, 7) is 8.36. The lowest BCUT2D eigenvalue weighted by molar-refractivity contribution is 0.0940. The Labute approximate surface area is 167 Å². The summed E-state index contributed by atoms with van der Waals surface area (Å²) in [6.07, 6.45) is 1.52. The fourth-order valence-corrected chi connectivity index (χ4v) is 5.36. The molecule has 1 amide bonds. The van der Waals surface area contributed by atoms with Crippen molar-refractivity contribution in [3.8, 4) is 0 Å². The third kappa shape index (κ3) is 4.22. The lowest BCUT2D eigenvalue weighted by Gasteiger charge is -2.30. The zero-order chi connectivity index (χ0) is 20.5. The van der Waals surface area contributed by atoms with Gasteiger partial charge in [-0.3, -0.25) is 9.10 Å². The SMILES string of the molecule is Cc1ccc(C)c(C(C)NC(=O)c2ccc(C)c(N3CCCCS3(=O)=O)c2)c1. The van der Waals surface area contributed by atoms with Crippen LogP contribution in [-0.4, -0.2) is 26.6 Å². The van der Waals surface area contributed by atoms with E-state index < -0.39 is 10.0 Å². The van der Waals surface area contributed by atoms with Gasteiger partial charge in [0.15, 0.2) is 0 Å². The van der Waals surface area contributed by atoms with Crippen LogP contribution in [-0.2, 0) is 10.0 Å². The van der Waals surface area contributed by atoms with E-state index in [0.717, 1.165) is 28.7 Å². The van der Waals surface area contributed by atoms with Crippen molar-refractivity contribution in [3.05, 3.63) is 64.2 Å². The molecule has 0 spiro atoms. The van der Waals surface area contributed by atoms with Gasteiger partial charge in [-0.2, -0.15) is 0 Å². The van der Waals surface area contributed by atoms with Crippen LogP contribution in [0.15, 0.2) is 36.4 Å². The third-order valence-electron chi connectivity index (χ3n) is 5.34. The number of benzene rings is 2. The van der Waals surface area contributed by atoms with Crippen LogP contribution in [0.2, 0.25) is 0 Å². The van der Waals surface area contributed by atoms with Crippen LogP contribution >= 0.6 is 0 Å². The molecule has 1 aliphatic heterocycles. The Balaban J connectivity index is 1.86. The number of aryl methyl sites for hydroxylation is 3. The molecule has 2 aromatic carbocycles. The highest BCUT2D eigenvalue weighted by atomic mass is 32.2. The minimum atomic E-state index is -3.32. The predicted molar refractivity (Wildman–Crippen MR) is 113 cm³/mol. The van der Waals surface area contributed by atoms with Crippen molar-refractivity contribution < 1.29 is 13.2 Å². The first-order valence-electron chi connectivity index (χ1n) is 9.68. The average molecular weight is 401 g/mol. The molecule has 5 nitrogen and oxygen atoms in total. The van der Waals surface area contributed by atoms with Gasteiger partial charge in [-0.15, -0.1) is 0 Å². The van der Waals surface area contributed by atoms with E-state index in [9.17, 15) is 13.2 Å². The molecule has 0 aliphatic carbocycles. The molecule has 1 N–H and O–H groups in total. The topological polar surface area (TPSA) is 66.5 Å². The summed E-state index contributed by atoms with van der Waals surface area (Å²) in [4.78, 5) is 12.9. The standard InChI is InChI=1S/C22H28N2O3S/c1-15-7-8-16(2)20(13-15)18(4)23-22(25)19-10-9-17(3)21(14-19)24-11-5-6-12-28(24,26)27/h7-10,13-14,18H,5-6,11-12H2,1-4H3,(H,23,25). The predicted octanol–water partition coefficient (Wildman–Crippen LogP) is 4.03. The molecule has 1 heterocycles. The molecule has 1 unspecified atom stereocenters. The molecule has 3 rings (SSSR count). The maximum absolute atomic E-state index is 12.9. The van der Waals surface area contributed by atoms with Crippen molar-refractivity contribution in [2.24, 2.45) is 0 Å². The summed E-state index contributed by atoms with van der Waals surface area (Å²) in [6, 6.07) is 11.3. The van der Waals surface area contributed by atoms with Crippen LogP contribution in [0.25, 0.3) is 0 Å². The van der Waals surface area contributed by atoms with Gasteiger partial charge in [0.2, 0.25) is 10.0 Å². The molecule has 0 saturated carbocycles. The number of rotatable bonds is 4. The minimum Gasteiger partial charge on any atom is -0.346 e. The molecule has 0 aromatic heterocycles. The van der Waals surface area contributed by atoms with Gasteiger partial charge in [0, 0.05) is 12.1 Å². The number of nitrogens with zero attached hydrogens (tertiary/aromatic N) is 1. The monoisotopic (exact) mass is 400 g/mol. The molecule has 1 aliphatic rings. The molecular weight excluding hydrogens is 372 g/mol. The normalized spacial score (nSPS) is 17.2. The zero-order valence-electron chi connectivity index (χ0n) is 17.0.